The molecular weight excluding hydrogens is 450 g/mol. The van der Waals surface area contributed by atoms with Crippen molar-refractivity contribution < 1.29 is 52.7 Å². The average Bonchev–Trinajstić information content (AvgIpc) is 2.83. The number of hydrogen-bond donors (Lipinski definition) is 0. The molecule has 28 heavy (non-hydrogen) atoms. The highest BCUT2D eigenvalue weighted by Crippen LogP contribution is 2.48. The maximum atomic E-state index is 14.1. The summed E-state index contributed by atoms with van der Waals surface area (Å²) in [7, 11) is 0. The van der Waals surface area contributed by atoms with Crippen LogP contribution in [0.4, 0.5) is 52.7 Å². The van der Waals surface area contributed by atoms with E-state index < -0.39 is 62.7 Å². The normalized spacial score (nSPS) is 13.9. The number of rotatable bonds is 2. The Morgan fingerprint density at radius 1 is 0.857 bits per heavy atom. The van der Waals surface area contributed by atoms with Gasteiger partial charge in [0.05, 0.1) is 10.6 Å². The molecule has 0 N–H and O–H groups in total. The molecule has 0 aliphatic carbocycles. The minimum absolute atomic E-state index is 0.0415. The second-order valence-corrected chi connectivity index (χ2v) is 5.43. The smallest absolute Gasteiger partial charge is 0.235 e. The highest BCUT2D eigenvalue weighted by Gasteiger charge is 2.64. The summed E-state index contributed by atoms with van der Waals surface area (Å²) in [5, 5.41) is 1.04. The Morgan fingerprint density at radius 3 is 1.79 bits per heavy atom. The van der Waals surface area contributed by atoms with Gasteiger partial charge in [0.1, 0.15) is 5.56 Å². The van der Waals surface area contributed by atoms with Crippen LogP contribution in [0.5, 0.6) is 0 Å². The number of alkyl halides is 11. The first-order valence-electron chi connectivity index (χ1n) is 6.43. The molecule has 0 fully saturated rings. The van der Waals surface area contributed by atoms with Crippen molar-refractivity contribution in [2.45, 2.75) is 24.5 Å². The van der Waals surface area contributed by atoms with Crippen molar-refractivity contribution in [1.29, 1.82) is 0 Å². The summed E-state index contributed by atoms with van der Waals surface area (Å²) >= 11 is 5.34. The van der Waals surface area contributed by atoms with Crippen LogP contribution in [0.2, 0.25) is 5.02 Å². The molecule has 0 amide bonds. The Hall–Kier alpha value is -2.19. The van der Waals surface area contributed by atoms with E-state index in [2.05, 4.69) is 10.1 Å². The second kappa shape index (κ2) is 6.42. The Morgan fingerprint density at radius 2 is 1.39 bits per heavy atom. The minimum Gasteiger partial charge on any atom is -0.235 e. The number of nitrogens with zero attached hydrogens (tertiary/aromatic N) is 3. The Labute approximate surface area is 150 Å². The summed E-state index contributed by atoms with van der Waals surface area (Å²) in [5.41, 5.74) is -7.68. The van der Waals surface area contributed by atoms with Gasteiger partial charge in [-0.25, -0.2) is 4.98 Å². The van der Waals surface area contributed by atoms with Crippen LogP contribution in [0.3, 0.4) is 0 Å². The van der Waals surface area contributed by atoms with Crippen LogP contribution in [0, 0.1) is 5.95 Å². The van der Waals surface area contributed by atoms with E-state index in [4.69, 9.17) is 11.6 Å². The molecule has 0 spiro atoms. The molecule has 0 aliphatic rings. The Bertz CT molecular complexity index is 893. The van der Waals surface area contributed by atoms with Crippen LogP contribution in [0.15, 0.2) is 12.3 Å². The summed E-state index contributed by atoms with van der Waals surface area (Å²) < 4.78 is 154. The van der Waals surface area contributed by atoms with E-state index in [-0.39, 0.29) is 12.3 Å². The quantitative estimate of drug-likeness (QED) is 0.544. The molecule has 0 bridgehead atoms. The molecule has 0 atom stereocenters. The van der Waals surface area contributed by atoms with Crippen LogP contribution >= 0.6 is 11.6 Å². The topological polar surface area (TPSA) is 30.7 Å². The Kier molecular flexibility index (Phi) is 5.07. The van der Waals surface area contributed by atoms with Crippen molar-refractivity contribution in [3.8, 4) is 5.82 Å². The summed E-state index contributed by atoms with van der Waals surface area (Å²) in [6.07, 6.45) is -17.7. The van der Waals surface area contributed by atoms with Crippen LogP contribution in [0.25, 0.3) is 5.82 Å². The van der Waals surface area contributed by atoms with Crippen LogP contribution in [-0.4, -0.2) is 20.9 Å². The lowest BCUT2D eigenvalue weighted by molar-refractivity contribution is -0.292. The first-order chi connectivity index (χ1) is 12.4. The zero-order chi connectivity index (χ0) is 21.9. The largest absolute Gasteiger partial charge is 0.459 e. The molecule has 0 saturated heterocycles. The molecule has 16 heteroatoms. The van der Waals surface area contributed by atoms with Gasteiger partial charge in [-0.05, 0) is 6.07 Å². The van der Waals surface area contributed by atoms with Gasteiger partial charge in [0.25, 0.3) is 0 Å². The number of hydrogen-bond acceptors (Lipinski definition) is 2. The van der Waals surface area contributed by atoms with Crippen molar-refractivity contribution in [2.75, 3.05) is 0 Å². The lowest BCUT2D eigenvalue weighted by Crippen LogP contribution is -2.36. The van der Waals surface area contributed by atoms with Crippen molar-refractivity contribution in [3.05, 3.63) is 40.1 Å². The van der Waals surface area contributed by atoms with E-state index in [1.165, 1.54) is 0 Å². The van der Waals surface area contributed by atoms with Crippen molar-refractivity contribution >= 4 is 11.6 Å². The van der Waals surface area contributed by atoms with Gasteiger partial charge >= 0.3 is 24.5 Å². The van der Waals surface area contributed by atoms with Crippen LogP contribution in [-0.2, 0) is 18.3 Å². The van der Waals surface area contributed by atoms with Crippen LogP contribution in [0.1, 0.15) is 16.8 Å². The third-order valence-electron chi connectivity index (χ3n) is 3.12. The van der Waals surface area contributed by atoms with Gasteiger partial charge in [0.15, 0.2) is 11.5 Å². The molecule has 0 saturated carbocycles. The summed E-state index contributed by atoms with van der Waals surface area (Å²) in [4.78, 5) is 2.87. The van der Waals surface area contributed by atoms with Gasteiger partial charge in [-0.2, -0.15) is 62.5 Å². The number of halogens is 13. The lowest BCUT2D eigenvalue weighted by Gasteiger charge is -2.19. The molecule has 0 unspecified atom stereocenters. The number of pyridine rings is 1. The van der Waals surface area contributed by atoms with Gasteiger partial charge in [0.2, 0.25) is 5.95 Å². The summed E-state index contributed by atoms with van der Waals surface area (Å²) in [6.45, 7) is 0. The highest BCUT2D eigenvalue weighted by molar-refractivity contribution is 6.32. The predicted molar refractivity (Wildman–Crippen MR) is 66.3 cm³/mol. The molecule has 0 radical (unpaired) electrons. The van der Waals surface area contributed by atoms with Gasteiger partial charge < -0.3 is 0 Å². The van der Waals surface area contributed by atoms with Crippen molar-refractivity contribution in [1.82, 2.24) is 14.8 Å². The van der Waals surface area contributed by atoms with E-state index in [1.807, 2.05) is 0 Å². The van der Waals surface area contributed by atoms with E-state index in [1.54, 1.807) is 0 Å². The molecule has 2 aromatic rings. The average molecular weight is 452 g/mol. The highest BCUT2D eigenvalue weighted by atomic mass is 35.5. The predicted octanol–water partition coefficient (Wildman–Crippen LogP) is 5.75. The van der Waals surface area contributed by atoms with E-state index in [9.17, 15) is 52.7 Å². The SMILES string of the molecule is Fc1c(C(F)(F)F)c(C(F)(F)C(F)(F)F)nn1-c1ncc(C(F)(F)F)cc1Cl. The number of aromatic nitrogens is 3. The summed E-state index contributed by atoms with van der Waals surface area (Å²) in [5.74, 6) is -10.4. The molecule has 2 aromatic heterocycles. The molecular formula is C12H2ClF12N3. The Balaban J connectivity index is 2.79. The van der Waals surface area contributed by atoms with Crippen molar-refractivity contribution in [2.24, 2.45) is 0 Å². The molecule has 3 nitrogen and oxygen atoms in total. The van der Waals surface area contributed by atoms with Gasteiger partial charge in [-0.3, -0.25) is 0 Å². The monoisotopic (exact) mass is 451 g/mol. The zero-order valence-corrected chi connectivity index (χ0v) is 13.2. The first-order valence-corrected chi connectivity index (χ1v) is 6.80. The van der Waals surface area contributed by atoms with Crippen LogP contribution < -0.4 is 0 Å². The molecule has 2 rings (SSSR count). The fraction of sp³-hybridized carbons (Fsp3) is 0.333. The van der Waals surface area contributed by atoms with Crippen molar-refractivity contribution in [3.63, 3.8) is 0 Å². The van der Waals surface area contributed by atoms with E-state index in [0.717, 1.165) is 0 Å². The van der Waals surface area contributed by atoms with Gasteiger partial charge in [-0.15, -0.1) is 0 Å². The molecule has 0 aromatic carbocycles. The lowest BCUT2D eigenvalue weighted by atomic mass is 10.1. The first kappa shape index (κ1) is 22.1. The maximum absolute atomic E-state index is 14.1. The fourth-order valence-electron chi connectivity index (χ4n) is 1.88. The third kappa shape index (κ3) is 3.71. The van der Waals surface area contributed by atoms with E-state index >= 15 is 0 Å². The fourth-order valence-corrected chi connectivity index (χ4v) is 2.13. The zero-order valence-electron chi connectivity index (χ0n) is 12.4. The maximum Gasteiger partial charge on any atom is 0.459 e. The molecule has 0 aliphatic heterocycles. The third-order valence-corrected chi connectivity index (χ3v) is 3.39. The standard InChI is InChI=1S/C12H2ClF12N3/c13-4-1-3(10(17,18)19)2-26-8(4)28-7(14)5(11(20,21)22)6(27-28)9(15,16)12(23,24)25/h1-2H. The van der Waals surface area contributed by atoms with Gasteiger partial charge in [-0.1, -0.05) is 11.6 Å². The summed E-state index contributed by atoms with van der Waals surface area (Å²) in [6, 6.07) is 0.0415. The van der Waals surface area contributed by atoms with Gasteiger partial charge in [0, 0.05) is 6.20 Å². The minimum atomic E-state index is -6.59. The molecule has 156 valence electrons. The molecule has 2 heterocycles. The second-order valence-electron chi connectivity index (χ2n) is 5.02. The van der Waals surface area contributed by atoms with E-state index in [0.29, 0.717) is 0 Å².